The van der Waals surface area contributed by atoms with Crippen molar-refractivity contribution in [1.82, 2.24) is 0 Å². The molecule has 0 fully saturated rings. The molecule has 0 bridgehead atoms. The number of esters is 1. The first-order valence-corrected chi connectivity index (χ1v) is 5.47. The predicted octanol–water partition coefficient (Wildman–Crippen LogP) is 3.10. The van der Waals surface area contributed by atoms with Crippen molar-refractivity contribution in [3.8, 4) is 0 Å². The Morgan fingerprint density at radius 1 is 1.44 bits per heavy atom. The van der Waals surface area contributed by atoms with Crippen molar-refractivity contribution in [3.63, 3.8) is 0 Å². The molecule has 1 atom stereocenters. The van der Waals surface area contributed by atoms with E-state index in [9.17, 15) is 9.18 Å². The third-order valence-corrected chi connectivity index (χ3v) is 2.95. The lowest BCUT2D eigenvalue weighted by molar-refractivity contribution is -0.152. The Balaban J connectivity index is 0.00000289. The molecule has 0 aliphatic heterocycles. The molecule has 0 spiro atoms. The van der Waals surface area contributed by atoms with Crippen molar-refractivity contribution in [2.75, 3.05) is 7.11 Å². The molecule has 3 nitrogen and oxygen atoms in total. The molecule has 1 aromatic carbocycles. The number of hydrogen-bond donors (Lipinski definition) is 1. The lowest BCUT2D eigenvalue weighted by atomic mass is 9.81. The van der Waals surface area contributed by atoms with Gasteiger partial charge in [-0.1, -0.05) is 11.6 Å². The first-order valence-electron chi connectivity index (χ1n) is 5.09. The van der Waals surface area contributed by atoms with E-state index < -0.39 is 23.2 Å². The van der Waals surface area contributed by atoms with E-state index in [0.29, 0.717) is 5.56 Å². The number of carbonyl (C=O) groups is 1. The van der Waals surface area contributed by atoms with Crippen LogP contribution in [0, 0.1) is 11.2 Å². The largest absolute Gasteiger partial charge is 0.469 e. The van der Waals surface area contributed by atoms with E-state index in [-0.39, 0.29) is 17.4 Å². The molecule has 1 aromatic rings. The van der Waals surface area contributed by atoms with Crippen LogP contribution in [0.25, 0.3) is 0 Å². The van der Waals surface area contributed by atoms with Crippen LogP contribution in [0.1, 0.15) is 25.5 Å². The van der Waals surface area contributed by atoms with Gasteiger partial charge in [0, 0.05) is 11.1 Å². The van der Waals surface area contributed by atoms with Crippen molar-refractivity contribution in [3.05, 3.63) is 34.6 Å². The normalized spacial score (nSPS) is 12.6. The summed E-state index contributed by atoms with van der Waals surface area (Å²) in [4.78, 5) is 11.6. The third-order valence-electron chi connectivity index (χ3n) is 2.73. The van der Waals surface area contributed by atoms with Crippen molar-refractivity contribution in [2.24, 2.45) is 11.1 Å². The molecule has 0 unspecified atom stereocenters. The lowest BCUT2D eigenvalue weighted by Gasteiger charge is -2.29. The van der Waals surface area contributed by atoms with Crippen LogP contribution in [0.2, 0.25) is 5.02 Å². The fraction of sp³-hybridized carbons (Fsp3) is 0.417. The molecular weight excluding hydrogens is 280 g/mol. The van der Waals surface area contributed by atoms with Crippen LogP contribution in [0.5, 0.6) is 0 Å². The minimum atomic E-state index is -0.953. The Bertz CT molecular complexity index is 418. The van der Waals surface area contributed by atoms with Crippen LogP contribution in [-0.4, -0.2) is 13.1 Å². The van der Waals surface area contributed by atoms with E-state index in [1.807, 2.05) is 0 Å². The Hall–Kier alpha value is -0.840. The maximum atomic E-state index is 13.2. The fourth-order valence-electron chi connectivity index (χ4n) is 1.56. The molecule has 0 saturated heterocycles. The number of nitrogens with two attached hydrogens (primary N) is 1. The summed E-state index contributed by atoms with van der Waals surface area (Å²) in [6.07, 6.45) is 0. The van der Waals surface area contributed by atoms with E-state index in [4.69, 9.17) is 17.3 Å². The predicted molar refractivity (Wildman–Crippen MR) is 71.4 cm³/mol. The molecule has 18 heavy (non-hydrogen) atoms. The van der Waals surface area contributed by atoms with Gasteiger partial charge in [-0.05, 0) is 37.6 Å². The van der Waals surface area contributed by atoms with Crippen molar-refractivity contribution >= 4 is 30.0 Å². The van der Waals surface area contributed by atoms with Gasteiger partial charge in [0.25, 0.3) is 0 Å². The Kier molecular flexibility index (Phi) is 6.07. The van der Waals surface area contributed by atoms with E-state index in [1.54, 1.807) is 19.9 Å². The van der Waals surface area contributed by atoms with Crippen molar-refractivity contribution < 1.29 is 13.9 Å². The molecule has 0 aliphatic carbocycles. The minimum Gasteiger partial charge on any atom is -0.469 e. The van der Waals surface area contributed by atoms with Gasteiger partial charge in [-0.3, -0.25) is 4.79 Å². The summed E-state index contributed by atoms with van der Waals surface area (Å²) in [5.74, 6) is -0.936. The zero-order valence-electron chi connectivity index (χ0n) is 10.4. The minimum absolute atomic E-state index is 0. The first kappa shape index (κ1) is 17.2. The number of halogens is 3. The summed E-state index contributed by atoms with van der Waals surface area (Å²) in [5, 5.41) is 0.246. The maximum Gasteiger partial charge on any atom is 0.313 e. The third kappa shape index (κ3) is 3.57. The van der Waals surface area contributed by atoms with E-state index in [0.717, 1.165) is 0 Å². The summed E-state index contributed by atoms with van der Waals surface area (Å²) in [7, 11) is 1.29. The number of rotatable bonds is 3. The monoisotopic (exact) mass is 295 g/mol. The van der Waals surface area contributed by atoms with Crippen LogP contribution in [0.15, 0.2) is 18.2 Å². The van der Waals surface area contributed by atoms with Crippen LogP contribution >= 0.6 is 24.0 Å². The van der Waals surface area contributed by atoms with Gasteiger partial charge in [-0.25, -0.2) is 4.39 Å². The van der Waals surface area contributed by atoms with Crippen LogP contribution in [0.3, 0.4) is 0 Å². The standard InChI is InChI=1S/C12H15ClFNO2.ClH/c1-12(2,11(16)17-3)10(15)7-4-8(13)6-9(14)5-7;/h4-6,10H,15H2,1-3H3;1H/t10-;/m1./s1. The van der Waals surface area contributed by atoms with Gasteiger partial charge in [0.15, 0.2) is 0 Å². The molecule has 102 valence electrons. The number of carbonyl (C=O) groups excluding carboxylic acids is 1. The Morgan fingerprint density at radius 2 is 2.00 bits per heavy atom. The van der Waals surface area contributed by atoms with E-state index >= 15 is 0 Å². The second-order valence-electron chi connectivity index (χ2n) is 4.39. The number of ether oxygens (including phenoxy) is 1. The molecule has 0 heterocycles. The second kappa shape index (κ2) is 6.36. The molecule has 6 heteroatoms. The number of methoxy groups -OCH3 is 1. The number of hydrogen-bond acceptors (Lipinski definition) is 3. The van der Waals surface area contributed by atoms with E-state index in [1.165, 1.54) is 19.2 Å². The molecule has 0 radical (unpaired) electrons. The topological polar surface area (TPSA) is 52.3 Å². The highest BCUT2D eigenvalue weighted by Gasteiger charge is 2.36. The molecular formula is C12H16Cl2FNO2. The summed E-state index contributed by atoms with van der Waals surface area (Å²) in [6, 6.07) is 3.30. The van der Waals surface area contributed by atoms with E-state index in [2.05, 4.69) is 4.74 Å². The quantitative estimate of drug-likeness (QED) is 0.872. The number of benzene rings is 1. The highest BCUT2D eigenvalue weighted by atomic mass is 35.5. The Morgan fingerprint density at radius 3 is 2.44 bits per heavy atom. The molecule has 0 aliphatic rings. The van der Waals surface area contributed by atoms with Crippen LogP contribution in [-0.2, 0) is 9.53 Å². The summed E-state index contributed by atoms with van der Waals surface area (Å²) < 4.78 is 17.9. The summed E-state index contributed by atoms with van der Waals surface area (Å²) in [6.45, 7) is 3.28. The Labute approximate surface area is 117 Å². The summed E-state index contributed by atoms with van der Waals surface area (Å²) in [5.41, 5.74) is 5.47. The van der Waals surface area contributed by atoms with Gasteiger partial charge >= 0.3 is 5.97 Å². The zero-order chi connectivity index (χ0) is 13.2. The average molecular weight is 296 g/mol. The first-order chi connectivity index (χ1) is 7.78. The molecule has 0 aromatic heterocycles. The molecule has 1 rings (SSSR count). The van der Waals surface area contributed by atoms with Crippen LogP contribution in [0.4, 0.5) is 4.39 Å². The molecule has 0 saturated carbocycles. The van der Waals surface area contributed by atoms with Gasteiger partial charge in [0.2, 0.25) is 0 Å². The maximum absolute atomic E-state index is 13.2. The van der Waals surface area contributed by atoms with Crippen LogP contribution < -0.4 is 5.73 Å². The lowest BCUT2D eigenvalue weighted by Crippen LogP contribution is -2.37. The van der Waals surface area contributed by atoms with Gasteiger partial charge < -0.3 is 10.5 Å². The zero-order valence-corrected chi connectivity index (χ0v) is 11.9. The van der Waals surface area contributed by atoms with Gasteiger partial charge in [0.05, 0.1) is 12.5 Å². The fourth-order valence-corrected chi connectivity index (χ4v) is 1.79. The van der Waals surface area contributed by atoms with Gasteiger partial charge in [-0.15, -0.1) is 12.4 Å². The highest BCUT2D eigenvalue weighted by Crippen LogP contribution is 2.33. The average Bonchev–Trinajstić information content (AvgIpc) is 2.25. The van der Waals surface area contributed by atoms with Gasteiger partial charge in [0.1, 0.15) is 5.82 Å². The second-order valence-corrected chi connectivity index (χ2v) is 4.83. The van der Waals surface area contributed by atoms with Crippen molar-refractivity contribution in [2.45, 2.75) is 19.9 Å². The SMILES string of the molecule is COC(=O)C(C)(C)[C@H](N)c1cc(F)cc(Cl)c1.Cl. The smallest absolute Gasteiger partial charge is 0.313 e. The summed E-state index contributed by atoms with van der Waals surface area (Å²) >= 11 is 5.75. The van der Waals surface area contributed by atoms with Crippen molar-refractivity contribution in [1.29, 1.82) is 0 Å². The molecule has 2 N–H and O–H groups in total. The van der Waals surface area contributed by atoms with Gasteiger partial charge in [-0.2, -0.15) is 0 Å². The highest BCUT2D eigenvalue weighted by molar-refractivity contribution is 6.30. The molecule has 0 amide bonds.